The van der Waals surface area contributed by atoms with E-state index in [4.69, 9.17) is 33.3 Å². The van der Waals surface area contributed by atoms with E-state index in [1.807, 2.05) is 24.0 Å². The van der Waals surface area contributed by atoms with Crippen molar-refractivity contribution in [3.8, 4) is 0 Å². The minimum atomic E-state index is -0.970. The van der Waals surface area contributed by atoms with Crippen LogP contribution in [-0.2, 0) is 9.59 Å². The maximum Gasteiger partial charge on any atom is 0.305 e. The molecule has 39 heavy (non-hydrogen) atoms. The zero-order valence-corrected chi connectivity index (χ0v) is 24.3. The predicted octanol–water partition coefficient (Wildman–Crippen LogP) is 6.52. The summed E-state index contributed by atoms with van der Waals surface area (Å²) in [5.74, 6) is -0.915. The van der Waals surface area contributed by atoms with Crippen molar-refractivity contribution in [1.82, 2.24) is 10.2 Å². The van der Waals surface area contributed by atoms with Crippen LogP contribution in [0, 0.1) is 11.3 Å². The Balaban J connectivity index is 1.62. The number of rotatable bonds is 7. The van der Waals surface area contributed by atoms with Gasteiger partial charge in [0, 0.05) is 17.7 Å². The smallest absolute Gasteiger partial charge is 0.305 e. The molecule has 208 valence electrons. The molecule has 1 aliphatic heterocycles. The topological polar surface area (TPSA) is 99.1 Å². The molecule has 9 heteroatoms. The molecule has 0 unspecified atom stereocenters. The second-order valence-electron chi connectivity index (χ2n) is 11.6. The third-order valence-electron chi connectivity index (χ3n) is 8.06. The van der Waals surface area contributed by atoms with Gasteiger partial charge in [-0.05, 0) is 73.8 Å². The lowest BCUT2D eigenvalue weighted by Gasteiger charge is -2.46. The number of hydrogen-bond acceptors (Lipinski definition) is 4. The van der Waals surface area contributed by atoms with Crippen LogP contribution >= 0.6 is 23.2 Å². The molecule has 0 radical (unpaired) electrons. The molecule has 0 bridgehead atoms. The predicted molar refractivity (Wildman–Crippen MR) is 153 cm³/mol. The number of benzene rings is 2. The Morgan fingerprint density at radius 1 is 1.10 bits per heavy atom. The summed E-state index contributed by atoms with van der Waals surface area (Å²) < 4.78 is 0. The minimum absolute atomic E-state index is 0.0571. The average molecular weight is 573 g/mol. The van der Waals surface area contributed by atoms with Gasteiger partial charge in [-0.25, -0.2) is 0 Å². The zero-order chi connectivity index (χ0) is 28.5. The molecule has 1 spiro atoms. The summed E-state index contributed by atoms with van der Waals surface area (Å²) in [5, 5.41) is 12.2. The molecule has 2 aromatic carbocycles. The first-order valence-corrected chi connectivity index (χ1v) is 14.1. The molecule has 7 nitrogen and oxygen atoms in total. The molecule has 2 aliphatic rings. The molecule has 2 amide bonds. The van der Waals surface area contributed by atoms with Crippen molar-refractivity contribution in [2.75, 3.05) is 6.54 Å². The highest BCUT2D eigenvalue weighted by atomic mass is 35.5. The van der Waals surface area contributed by atoms with Crippen LogP contribution in [0.2, 0.25) is 10.0 Å². The van der Waals surface area contributed by atoms with Gasteiger partial charge < -0.3 is 15.3 Å². The summed E-state index contributed by atoms with van der Waals surface area (Å²) in [6, 6.07) is 12.0. The number of nitrogens with one attached hydrogen (secondary N) is 1. The van der Waals surface area contributed by atoms with E-state index in [0.717, 1.165) is 31.2 Å². The van der Waals surface area contributed by atoms with E-state index in [0.29, 0.717) is 32.8 Å². The molecule has 1 fully saturated rings. The van der Waals surface area contributed by atoms with Gasteiger partial charge in [-0.15, -0.1) is 0 Å². The number of carbonyl (C=O) groups excluding carboxylic acids is 2. The first kappa shape index (κ1) is 29.1. The summed E-state index contributed by atoms with van der Waals surface area (Å²) in [4.78, 5) is 44.2. The number of amides is 2. The summed E-state index contributed by atoms with van der Waals surface area (Å²) in [6.07, 6.45) is 3.32. The van der Waals surface area contributed by atoms with Crippen LogP contribution in [0.5, 0.6) is 0 Å². The summed E-state index contributed by atoms with van der Waals surface area (Å²) in [6.45, 7) is 8.84. The fourth-order valence-corrected chi connectivity index (χ4v) is 6.02. The number of aliphatic imine (C=N–C) groups is 1. The van der Waals surface area contributed by atoms with Crippen LogP contribution in [0.15, 0.2) is 47.5 Å². The number of carboxylic acids is 1. The fraction of sp³-hybridized carbons (Fsp3) is 0.467. The van der Waals surface area contributed by atoms with E-state index >= 15 is 0 Å². The maximum absolute atomic E-state index is 14.0. The van der Waals surface area contributed by atoms with Gasteiger partial charge in [-0.3, -0.25) is 19.4 Å². The Labute approximate surface area is 239 Å². The molecule has 0 saturated heterocycles. The van der Waals surface area contributed by atoms with E-state index in [2.05, 4.69) is 26.1 Å². The normalized spacial score (nSPS) is 22.1. The van der Waals surface area contributed by atoms with Gasteiger partial charge >= 0.3 is 5.97 Å². The van der Waals surface area contributed by atoms with Crippen LogP contribution in [0.25, 0.3) is 0 Å². The SMILES string of the molecule is C[C@H](c1ccc(C(=O)NCCC(=O)O)cc1)N1C(=O)C(c2ccc(Cl)c(Cl)c2)=NC12CCC(C(C)(C)C)CC2. The third-order valence-corrected chi connectivity index (χ3v) is 8.80. The monoisotopic (exact) mass is 571 g/mol. The number of aliphatic carboxylic acids is 1. The largest absolute Gasteiger partial charge is 0.481 e. The molecule has 0 aromatic heterocycles. The van der Waals surface area contributed by atoms with E-state index in [1.165, 1.54) is 0 Å². The van der Waals surface area contributed by atoms with Crippen molar-refractivity contribution < 1.29 is 19.5 Å². The lowest BCUT2D eigenvalue weighted by molar-refractivity contribution is -0.137. The van der Waals surface area contributed by atoms with Crippen molar-refractivity contribution in [3.05, 3.63) is 69.2 Å². The van der Waals surface area contributed by atoms with Crippen LogP contribution in [0.1, 0.15) is 87.3 Å². The second kappa shape index (κ2) is 11.3. The molecule has 2 N–H and O–H groups in total. The Bertz CT molecular complexity index is 1290. The Morgan fingerprint density at radius 2 is 1.74 bits per heavy atom. The molecule has 2 aromatic rings. The van der Waals surface area contributed by atoms with Gasteiger partial charge in [0.25, 0.3) is 11.8 Å². The van der Waals surface area contributed by atoms with Gasteiger partial charge in [0.05, 0.1) is 22.5 Å². The van der Waals surface area contributed by atoms with Gasteiger partial charge in [-0.1, -0.05) is 62.2 Å². The highest BCUT2D eigenvalue weighted by Gasteiger charge is 2.52. The van der Waals surface area contributed by atoms with Crippen molar-refractivity contribution in [2.45, 2.75) is 71.5 Å². The van der Waals surface area contributed by atoms with E-state index < -0.39 is 11.6 Å². The average Bonchev–Trinajstić information content (AvgIpc) is 3.16. The Hall–Kier alpha value is -2.90. The first-order chi connectivity index (χ1) is 18.3. The van der Waals surface area contributed by atoms with Crippen LogP contribution in [0.4, 0.5) is 0 Å². The third kappa shape index (κ3) is 6.15. The minimum Gasteiger partial charge on any atom is -0.481 e. The molecule has 1 saturated carbocycles. The molecule has 1 atom stereocenters. The van der Waals surface area contributed by atoms with Crippen LogP contribution in [0.3, 0.4) is 0 Å². The van der Waals surface area contributed by atoms with Crippen molar-refractivity contribution in [1.29, 1.82) is 0 Å². The van der Waals surface area contributed by atoms with Crippen molar-refractivity contribution in [2.24, 2.45) is 16.3 Å². The second-order valence-corrected chi connectivity index (χ2v) is 12.4. The van der Waals surface area contributed by atoms with Crippen LogP contribution < -0.4 is 5.32 Å². The highest BCUT2D eigenvalue weighted by Crippen LogP contribution is 2.49. The van der Waals surface area contributed by atoms with E-state index in [9.17, 15) is 14.4 Å². The molecule has 1 heterocycles. The Morgan fingerprint density at radius 3 is 2.31 bits per heavy atom. The van der Waals surface area contributed by atoms with E-state index in [1.54, 1.807) is 30.3 Å². The number of halogens is 2. The molecular weight excluding hydrogens is 537 g/mol. The van der Waals surface area contributed by atoms with Gasteiger partial charge in [0.2, 0.25) is 0 Å². The summed E-state index contributed by atoms with van der Waals surface area (Å²) in [7, 11) is 0. The van der Waals surface area contributed by atoms with Crippen molar-refractivity contribution in [3.63, 3.8) is 0 Å². The Kier molecular flexibility index (Phi) is 8.43. The molecular formula is C30H35Cl2N3O4. The van der Waals surface area contributed by atoms with Crippen molar-refractivity contribution >= 4 is 46.7 Å². The number of carboxylic acid groups (broad SMARTS) is 1. The first-order valence-electron chi connectivity index (χ1n) is 13.3. The summed E-state index contributed by atoms with van der Waals surface area (Å²) in [5.41, 5.74) is 1.87. The number of hydrogen-bond donors (Lipinski definition) is 2. The quantitative estimate of drug-likeness (QED) is 0.395. The van der Waals surface area contributed by atoms with Gasteiger partial charge in [0.15, 0.2) is 0 Å². The number of carbonyl (C=O) groups is 3. The molecule has 1 aliphatic carbocycles. The van der Waals surface area contributed by atoms with Gasteiger partial charge in [0.1, 0.15) is 11.4 Å². The number of nitrogens with zero attached hydrogens (tertiary/aromatic N) is 2. The standard InChI is InChI=1S/C30H35Cl2N3O4/c1-18(19-5-7-20(8-6-19)27(38)33-16-13-25(36)37)35-28(39)26(21-9-10-23(31)24(32)17-21)34-30(35)14-11-22(12-15-30)29(2,3)4/h5-10,17-18,22H,11-16H2,1-4H3,(H,33,38)(H,36,37)/t18-,22?,30?/m1/s1. The van der Waals surface area contributed by atoms with Gasteiger partial charge in [-0.2, -0.15) is 0 Å². The summed E-state index contributed by atoms with van der Waals surface area (Å²) >= 11 is 12.4. The lowest BCUT2D eigenvalue weighted by Crippen LogP contribution is -2.50. The highest BCUT2D eigenvalue weighted by molar-refractivity contribution is 6.48. The zero-order valence-electron chi connectivity index (χ0n) is 22.8. The molecule has 4 rings (SSSR count). The fourth-order valence-electron chi connectivity index (χ4n) is 5.73. The van der Waals surface area contributed by atoms with Crippen LogP contribution in [-0.4, -0.2) is 45.7 Å². The van der Waals surface area contributed by atoms with E-state index in [-0.39, 0.29) is 36.2 Å². The lowest BCUT2D eigenvalue weighted by atomic mass is 9.69. The maximum atomic E-state index is 14.0.